The maximum atomic E-state index is 6.09. The first kappa shape index (κ1) is 13.0. The van der Waals surface area contributed by atoms with Gasteiger partial charge in [0.05, 0.1) is 0 Å². The minimum absolute atomic E-state index is 0.811. The van der Waals surface area contributed by atoms with Crippen LogP contribution in [0.2, 0.25) is 5.02 Å². The normalized spacial score (nSPS) is 10.6. The second-order valence-corrected chi connectivity index (χ2v) is 4.69. The molecule has 1 aromatic rings. The summed E-state index contributed by atoms with van der Waals surface area (Å²) < 4.78 is 1.02. The van der Waals surface area contributed by atoms with Gasteiger partial charge >= 0.3 is 0 Å². The molecule has 0 saturated heterocycles. The van der Waals surface area contributed by atoms with E-state index in [0.717, 1.165) is 41.1 Å². The van der Waals surface area contributed by atoms with Gasteiger partial charge in [0.2, 0.25) is 0 Å². The quantitative estimate of drug-likeness (QED) is 0.788. The molecular weight excluding hydrogens is 275 g/mol. The maximum Gasteiger partial charge on any atom is 0.0462 e. The van der Waals surface area contributed by atoms with Crippen LogP contribution in [0.5, 0.6) is 0 Å². The van der Waals surface area contributed by atoms with E-state index in [1.54, 1.807) is 0 Å². The smallest absolute Gasteiger partial charge is 0.0462 e. The average molecular weight is 292 g/mol. The molecular formula is C11H16BrClN2. The van der Waals surface area contributed by atoms with E-state index in [1.807, 2.05) is 25.2 Å². The summed E-state index contributed by atoms with van der Waals surface area (Å²) in [5, 5.41) is 7.28. The third-order valence-corrected chi connectivity index (χ3v) is 2.96. The molecule has 0 fully saturated rings. The second kappa shape index (κ2) is 7.23. The van der Waals surface area contributed by atoms with Crippen molar-refractivity contribution in [1.82, 2.24) is 10.6 Å². The first-order chi connectivity index (χ1) is 7.24. The molecule has 0 atom stereocenters. The van der Waals surface area contributed by atoms with Crippen LogP contribution in [0.25, 0.3) is 0 Å². The molecule has 2 nitrogen and oxygen atoms in total. The zero-order valence-corrected chi connectivity index (χ0v) is 11.2. The first-order valence-electron chi connectivity index (χ1n) is 5.03. The van der Waals surface area contributed by atoms with E-state index in [4.69, 9.17) is 11.6 Å². The fourth-order valence-electron chi connectivity index (χ4n) is 1.28. The molecule has 1 rings (SSSR count). The predicted molar refractivity (Wildman–Crippen MR) is 69.4 cm³/mol. The van der Waals surface area contributed by atoms with Crippen molar-refractivity contribution in [1.29, 1.82) is 0 Å². The van der Waals surface area contributed by atoms with Gasteiger partial charge in [0.25, 0.3) is 0 Å². The van der Waals surface area contributed by atoms with Crippen LogP contribution >= 0.6 is 27.5 Å². The van der Waals surface area contributed by atoms with Crippen LogP contribution in [-0.2, 0) is 6.54 Å². The van der Waals surface area contributed by atoms with Crippen molar-refractivity contribution in [3.63, 3.8) is 0 Å². The van der Waals surface area contributed by atoms with E-state index in [1.165, 1.54) is 0 Å². The summed E-state index contributed by atoms with van der Waals surface area (Å²) in [4.78, 5) is 0. The Morgan fingerprint density at radius 3 is 2.80 bits per heavy atom. The molecule has 84 valence electrons. The Morgan fingerprint density at radius 1 is 1.33 bits per heavy atom. The fraction of sp³-hybridized carbons (Fsp3) is 0.455. The molecule has 1 aromatic carbocycles. The van der Waals surface area contributed by atoms with Gasteiger partial charge < -0.3 is 10.6 Å². The number of hydrogen-bond donors (Lipinski definition) is 2. The topological polar surface area (TPSA) is 24.1 Å². The van der Waals surface area contributed by atoms with Crippen molar-refractivity contribution in [2.24, 2.45) is 0 Å². The minimum Gasteiger partial charge on any atom is -0.320 e. The SMILES string of the molecule is CNCCCNCc1ccc(Br)cc1Cl. The van der Waals surface area contributed by atoms with Gasteiger partial charge in [-0.25, -0.2) is 0 Å². The summed E-state index contributed by atoms with van der Waals surface area (Å²) >= 11 is 9.47. The molecule has 0 heterocycles. The highest BCUT2D eigenvalue weighted by Gasteiger charge is 1.99. The number of halogens is 2. The Morgan fingerprint density at radius 2 is 2.13 bits per heavy atom. The fourth-order valence-corrected chi connectivity index (χ4v) is 2.02. The number of hydrogen-bond acceptors (Lipinski definition) is 2. The molecule has 0 bridgehead atoms. The lowest BCUT2D eigenvalue weighted by Gasteiger charge is -2.06. The van der Waals surface area contributed by atoms with Gasteiger partial charge in [0.15, 0.2) is 0 Å². The minimum atomic E-state index is 0.811. The lowest BCUT2D eigenvalue weighted by molar-refractivity contribution is 0.625. The second-order valence-electron chi connectivity index (χ2n) is 3.37. The molecule has 4 heteroatoms. The van der Waals surface area contributed by atoms with E-state index in [2.05, 4.69) is 26.6 Å². The first-order valence-corrected chi connectivity index (χ1v) is 6.20. The van der Waals surface area contributed by atoms with Gasteiger partial charge in [0.1, 0.15) is 0 Å². The van der Waals surface area contributed by atoms with Crippen molar-refractivity contribution < 1.29 is 0 Å². The highest BCUT2D eigenvalue weighted by molar-refractivity contribution is 9.10. The number of nitrogens with one attached hydrogen (secondary N) is 2. The highest BCUT2D eigenvalue weighted by Crippen LogP contribution is 2.20. The molecule has 0 aliphatic heterocycles. The molecule has 0 unspecified atom stereocenters. The highest BCUT2D eigenvalue weighted by atomic mass is 79.9. The van der Waals surface area contributed by atoms with Crippen molar-refractivity contribution in [3.8, 4) is 0 Å². The van der Waals surface area contributed by atoms with Crippen molar-refractivity contribution in [2.75, 3.05) is 20.1 Å². The Balaban J connectivity index is 2.31. The van der Waals surface area contributed by atoms with Crippen LogP contribution in [0.4, 0.5) is 0 Å². The Bertz CT molecular complexity index is 305. The molecule has 0 aromatic heterocycles. The summed E-state index contributed by atoms with van der Waals surface area (Å²) in [5.41, 5.74) is 1.14. The molecule has 0 amide bonds. The summed E-state index contributed by atoms with van der Waals surface area (Å²) in [6, 6.07) is 5.97. The van der Waals surface area contributed by atoms with Gasteiger partial charge in [-0.2, -0.15) is 0 Å². The zero-order chi connectivity index (χ0) is 11.1. The third-order valence-electron chi connectivity index (χ3n) is 2.11. The van der Waals surface area contributed by atoms with Gasteiger partial charge in [0, 0.05) is 16.0 Å². The summed E-state index contributed by atoms with van der Waals surface area (Å²) in [6.07, 6.45) is 1.13. The van der Waals surface area contributed by atoms with Gasteiger partial charge in [-0.05, 0) is 44.3 Å². The van der Waals surface area contributed by atoms with Gasteiger partial charge in [-0.3, -0.25) is 0 Å². The largest absolute Gasteiger partial charge is 0.320 e. The Kier molecular flexibility index (Phi) is 6.25. The van der Waals surface area contributed by atoms with Crippen molar-refractivity contribution >= 4 is 27.5 Å². The molecule has 0 radical (unpaired) electrons. The molecule has 0 aliphatic rings. The summed E-state index contributed by atoms with van der Waals surface area (Å²) in [5.74, 6) is 0. The van der Waals surface area contributed by atoms with E-state index in [-0.39, 0.29) is 0 Å². The monoisotopic (exact) mass is 290 g/mol. The van der Waals surface area contributed by atoms with Crippen LogP contribution in [0, 0.1) is 0 Å². The third kappa shape index (κ3) is 4.98. The molecule has 2 N–H and O–H groups in total. The van der Waals surface area contributed by atoms with Gasteiger partial charge in [-0.15, -0.1) is 0 Å². The number of rotatable bonds is 6. The molecule has 0 aliphatic carbocycles. The standard InChI is InChI=1S/C11H16BrClN2/c1-14-5-2-6-15-8-9-3-4-10(12)7-11(9)13/h3-4,7,14-15H,2,5-6,8H2,1H3. The maximum absolute atomic E-state index is 6.09. The molecule has 15 heavy (non-hydrogen) atoms. The van der Waals surface area contributed by atoms with Crippen LogP contribution in [0.15, 0.2) is 22.7 Å². The predicted octanol–water partition coefficient (Wildman–Crippen LogP) is 2.80. The Hall–Kier alpha value is -0.0900. The van der Waals surface area contributed by atoms with E-state index < -0.39 is 0 Å². The summed E-state index contributed by atoms with van der Waals surface area (Å²) in [7, 11) is 1.96. The molecule has 0 saturated carbocycles. The van der Waals surface area contributed by atoms with E-state index in [9.17, 15) is 0 Å². The summed E-state index contributed by atoms with van der Waals surface area (Å²) in [6.45, 7) is 2.88. The van der Waals surface area contributed by atoms with Crippen LogP contribution in [-0.4, -0.2) is 20.1 Å². The van der Waals surface area contributed by atoms with Crippen molar-refractivity contribution in [3.05, 3.63) is 33.3 Å². The zero-order valence-electron chi connectivity index (χ0n) is 8.82. The van der Waals surface area contributed by atoms with Crippen LogP contribution in [0.1, 0.15) is 12.0 Å². The van der Waals surface area contributed by atoms with Crippen molar-refractivity contribution in [2.45, 2.75) is 13.0 Å². The lowest BCUT2D eigenvalue weighted by atomic mass is 10.2. The van der Waals surface area contributed by atoms with Crippen LogP contribution < -0.4 is 10.6 Å². The number of benzene rings is 1. The van der Waals surface area contributed by atoms with E-state index >= 15 is 0 Å². The Labute approximate surface area is 105 Å². The lowest BCUT2D eigenvalue weighted by Crippen LogP contribution is -2.19. The average Bonchev–Trinajstić information content (AvgIpc) is 2.20. The van der Waals surface area contributed by atoms with Gasteiger partial charge in [-0.1, -0.05) is 33.6 Å². The molecule has 0 spiro atoms. The van der Waals surface area contributed by atoms with Crippen LogP contribution in [0.3, 0.4) is 0 Å². The van der Waals surface area contributed by atoms with E-state index in [0.29, 0.717) is 0 Å².